The van der Waals surface area contributed by atoms with Crippen LogP contribution in [0.3, 0.4) is 0 Å². The SMILES string of the molecule is COc1cnc(C(=O)c2ccc(C)nc2)c(OC)n1. The second kappa shape index (κ2) is 5.43. The first kappa shape index (κ1) is 12.9. The number of hydrogen-bond acceptors (Lipinski definition) is 6. The molecular weight excluding hydrogens is 246 g/mol. The van der Waals surface area contributed by atoms with Crippen molar-refractivity contribution in [1.82, 2.24) is 15.0 Å². The number of hydrogen-bond donors (Lipinski definition) is 0. The Hall–Kier alpha value is -2.50. The molecule has 19 heavy (non-hydrogen) atoms. The molecule has 98 valence electrons. The average molecular weight is 259 g/mol. The maximum atomic E-state index is 12.3. The summed E-state index contributed by atoms with van der Waals surface area (Å²) in [7, 11) is 2.89. The van der Waals surface area contributed by atoms with Gasteiger partial charge in [0.15, 0.2) is 5.69 Å². The van der Waals surface area contributed by atoms with Crippen molar-refractivity contribution in [2.24, 2.45) is 0 Å². The summed E-state index contributed by atoms with van der Waals surface area (Å²) >= 11 is 0. The van der Waals surface area contributed by atoms with Crippen LogP contribution < -0.4 is 9.47 Å². The predicted octanol–water partition coefficient (Wildman–Crippen LogP) is 1.43. The predicted molar refractivity (Wildman–Crippen MR) is 67.5 cm³/mol. The minimum absolute atomic E-state index is 0.130. The monoisotopic (exact) mass is 259 g/mol. The van der Waals surface area contributed by atoms with E-state index in [2.05, 4.69) is 15.0 Å². The van der Waals surface area contributed by atoms with Crippen molar-refractivity contribution in [3.05, 3.63) is 41.5 Å². The van der Waals surface area contributed by atoms with Crippen LogP contribution in [0.5, 0.6) is 11.8 Å². The summed E-state index contributed by atoms with van der Waals surface area (Å²) in [6, 6.07) is 3.45. The molecule has 0 spiro atoms. The third-order valence-corrected chi connectivity index (χ3v) is 2.51. The van der Waals surface area contributed by atoms with Gasteiger partial charge >= 0.3 is 0 Å². The number of nitrogens with zero attached hydrogens (tertiary/aromatic N) is 3. The fourth-order valence-corrected chi connectivity index (χ4v) is 1.49. The lowest BCUT2D eigenvalue weighted by Crippen LogP contribution is -2.09. The van der Waals surface area contributed by atoms with Crippen molar-refractivity contribution in [2.75, 3.05) is 14.2 Å². The Bertz CT molecular complexity index is 597. The number of ketones is 1. The fourth-order valence-electron chi connectivity index (χ4n) is 1.49. The molecule has 0 radical (unpaired) electrons. The van der Waals surface area contributed by atoms with Gasteiger partial charge in [-0.2, -0.15) is 4.98 Å². The summed E-state index contributed by atoms with van der Waals surface area (Å²) in [5, 5.41) is 0. The number of carbonyl (C=O) groups excluding carboxylic acids is 1. The number of pyridine rings is 1. The smallest absolute Gasteiger partial charge is 0.247 e. The van der Waals surface area contributed by atoms with Gasteiger partial charge in [-0.25, -0.2) is 4.98 Å². The van der Waals surface area contributed by atoms with E-state index in [0.29, 0.717) is 5.56 Å². The normalized spacial score (nSPS) is 10.1. The zero-order chi connectivity index (χ0) is 13.8. The van der Waals surface area contributed by atoms with Crippen molar-refractivity contribution < 1.29 is 14.3 Å². The highest BCUT2D eigenvalue weighted by Gasteiger charge is 2.18. The van der Waals surface area contributed by atoms with E-state index in [9.17, 15) is 4.79 Å². The first-order valence-corrected chi connectivity index (χ1v) is 5.58. The van der Waals surface area contributed by atoms with Crippen molar-refractivity contribution in [1.29, 1.82) is 0 Å². The molecule has 6 nitrogen and oxygen atoms in total. The molecule has 2 heterocycles. The Labute approximate surface area is 110 Å². The molecule has 0 fully saturated rings. The van der Waals surface area contributed by atoms with E-state index in [1.807, 2.05) is 6.92 Å². The van der Waals surface area contributed by atoms with Gasteiger partial charge in [-0.3, -0.25) is 9.78 Å². The van der Waals surface area contributed by atoms with Crippen molar-refractivity contribution in [3.63, 3.8) is 0 Å². The lowest BCUT2D eigenvalue weighted by molar-refractivity contribution is 0.102. The Morgan fingerprint density at radius 3 is 2.47 bits per heavy atom. The molecule has 0 unspecified atom stereocenters. The van der Waals surface area contributed by atoms with Crippen LogP contribution >= 0.6 is 0 Å². The minimum atomic E-state index is -0.292. The van der Waals surface area contributed by atoms with Gasteiger partial charge in [-0.1, -0.05) is 0 Å². The van der Waals surface area contributed by atoms with Crippen LogP contribution in [-0.2, 0) is 0 Å². The summed E-state index contributed by atoms with van der Waals surface area (Å²) in [6.45, 7) is 1.85. The molecule has 0 aliphatic carbocycles. The van der Waals surface area contributed by atoms with E-state index in [0.717, 1.165) is 5.69 Å². The van der Waals surface area contributed by atoms with Crippen LogP contribution in [0, 0.1) is 6.92 Å². The molecule has 0 amide bonds. The van der Waals surface area contributed by atoms with Gasteiger partial charge < -0.3 is 9.47 Å². The van der Waals surface area contributed by atoms with Crippen LogP contribution in [0.1, 0.15) is 21.7 Å². The van der Waals surface area contributed by atoms with Gasteiger partial charge in [-0.15, -0.1) is 0 Å². The van der Waals surface area contributed by atoms with E-state index in [-0.39, 0.29) is 23.2 Å². The number of rotatable bonds is 4. The lowest BCUT2D eigenvalue weighted by atomic mass is 10.1. The van der Waals surface area contributed by atoms with Crippen LogP contribution in [0.15, 0.2) is 24.5 Å². The summed E-state index contributed by atoms with van der Waals surface area (Å²) in [5.74, 6) is 0.125. The first-order valence-electron chi connectivity index (χ1n) is 5.58. The Morgan fingerprint density at radius 1 is 1.11 bits per heavy atom. The van der Waals surface area contributed by atoms with Gasteiger partial charge in [0, 0.05) is 17.5 Å². The van der Waals surface area contributed by atoms with Gasteiger partial charge in [0.25, 0.3) is 0 Å². The second-order valence-electron chi connectivity index (χ2n) is 3.79. The zero-order valence-electron chi connectivity index (χ0n) is 10.9. The molecule has 0 aliphatic rings. The van der Waals surface area contributed by atoms with E-state index in [4.69, 9.17) is 9.47 Å². The van der Waals surface area contributed by atoms with Crippen molar-refractivity contribution in [2.45, 2.75) is 6.92 Å². The Balaban J connectivity index is 2.40. The molecule has 0 N–H and O–H groups in total. The van der Waals surface area contributed by atoms with Crippen molar-refractivity contribution >= 4 is 5.78 Å². The molecule has 0 aromatic carbocycles. The van der Waals surface area contributed by atoms with Gasteiger partial charge in [-0.05, 0) is 19.1 Å². The second-order valence-corrected chi connectivity index (χ2v) is 3.79. The molecular formula is C13H13N3O3. The standard InChI is InChI=1S/C13H13N3O3/c1-8-4-5-9(6-14-8)12(17)11-13(19-3)16-10(18-2)7-15-11/h4-7H,1-3H3. The maximum Gasteiger partial charge on any atom is 0.247 e. The summed E-state index contributed by atoms with van der Waals surface area (Å²) in [5.41, 5.74) is 1.40. The highest BCUT2D eigenvalue weighted by atomic mass is 16.5. The first-order chi connectivity index (χ1) is 9.15. The fraction of sp³-hybridized carbons (Fsp3) is 0.231. The number of aryl methyl sites for hydroxylation is 1. The van der Waals surface area contributed by atoms with Gasteiger partial charge in [0.05, 0.1) is 20.4 Å². The average Bonchev–Trinajstić information content (AvgIpc) is 2.46. The van der Waals surface area contributed by atoms with E-state index in [1.54, 1.807) is 12.1 Å². The largest absolute Gasteiger partial charge is 0.480 e. The quantitative estimate of drug-likeness (QED) is 0.773. The minimum Gasteiger partial charge on any atom is -0.480 e. The summed E-state index contributed by atoms with van der Waals surface area (Å²) < 4.78 is 9.99. The number of ether oxygens (including phenoxy) is 2. The molecule has 2 aromatic rings. The number of carbonyl (C=O) groups is 1. The Morgan fingerprint density at radius 2 is 1.89 bits per heavy atom. The summed E-state index contributed by atoms with van der Waals surface area (Å²) in [6.07, 6.45) is 2.88. The molecule has 2 rings (SSSR count). The maximum absolute atomic E-state index is 12.3. The topological polar surface area (TPSA) is 74.2 Å². The third kappa shape index (κ3) is 2.67. The third-order valence-electron chi connectivity index (χ3n) is 2.51. The van der Waals surface area contributed by atoms with Crippen molar-refractivity contribution in [3.8, 4) is 11.8 Å². The molecule has 0 bridgehead atoms. The van der Waals surface area contributed by atoms with Crippen LogP contribution in [-0.4, -0.2) is 35.0 Å². The van der Waals surface area contributed by atoms with Gasteiger partial charge in [0.1, 0.15) is 0 Å². The lowest BCUT2D eigenvalue weighted by Gasteiger charge is -2.07. The zero-order valence-corrected chi connectivity index (χ0v) is 10.9. The molecule has 2 aromatic heterocycles. The highest BCUT2D eigenvalue weighted by molar-refractivity contribution is 6.08. The molecule has 0 atom stereocenters. The van der Waals surface area contributed by atoms with E-state index in [1.165, 1.54) is 26.6 Å². The summed E-state index contributed by atoms with van der Waals surface area (Å²) in [4.78, 5) is 24.4. The van der Waals surface area contributed by atoms with Crippen LogP contribution in [0.4, 0.5) is 0 Å². The van der Waals surface area contributed by atoms with Crippen LogP contribution in [0.2, 0.25) is 0 Å². The molecule has 0 saturated carbocycles. The number of aromatic nitrogens is 3. The molecule has 0 saturated heterocycles. The Kier molecular flexibility index (Phi) is 3.70. The van der Waals surface area contributed by atoms with E-state index < -0.39 is 0 Å². The van der Waals surface area contributed by atoms with E-state index >= 15 is 0 Å². The van der Waals surface area contributed by atoms with Crippen LogP contribution in [0.25, 0.3) is 0 Å². The van der Waals surface area contributed by atoms with Gasteiger partial charge in [0.2, 0.25) is 17.5 Å². The number of methoxy groups -OCH3 is 2. The highest BCUT2D eigenvalue weighted by Crippen LogP contribution is 2.19. The molecule has 0 aliphatic heterocycles. The molecule has 6 heteroatoms.